The predicted octanol–water partition coefficient (Wildman–Crippen LogP) is 1.12. The zero-order valence-electron chi connectivity index (χ0n) is 16.6. The Morgan fingerprint density at radius 3 is 2.21 bits per heavy atom. The fraction of sp³-hybridized carbons (Fsp3) is 0.800. The monoisotopic (exact) mass is 394 g/mol. The maximum absolute atomic E-state index is 12.9. The Balaban J connectivity index is 1.60. The lowest BCUT2D eigenvalue weighted by atomic mass is 9.81. The van der Waals surface area contributed by atoms with Crippen molar-refractivity contribution < 1.29 is 28.7 Å². The van der Waals surface area contributed by atoms with Gasteiger partial charge in [0.25, 0.3) is 0 Å². The molecule has 0 N–H and O–H groups in total. The van der Waals surface area contributed by atoms with Gasteiger partial charge in [0.2, 0.25) is 17.7 Å². The highest BCUT2D eigenvalue weighted by Crippen LogP contribution is 2.38. The largest absolute Gasteiger partial charge is 0.469 e. The van der Waals surface area contributed by atoms with Crippen LogP contribution in [-0.4, -0.2) is 72.9 Å². The molecule has 2 heterocycles. The molecule has 3 rings (SSSR count). The molecule has 0 aromatic rings. The number of esters is 1. The van der Waals surface area contributed by atoms with E-state index in [9.17, 15) is 19.2 Å². The van der Waals surface area contributed by atoms with Crippen LogP contribution in [0.15, 0.2) is 0 Å². The quantitative estimate of drug-likeness (QED) is 0.475. The highest BCUT2D eigenvalue weighted by molar-refractivity contribution is 6.05. The van der Waals surface area contributed by atoms with Crippen LogP contribution in [0, 0.1) is 11.8 Å². The number of imide groups is 1. The average molecular weight is 394 g/mol. The van der Waals surface area contributed by atoms with Crippen LogP contribution in [0.5, 0.6) is 0 Å². The number of rotatable bonds is 7. The highest BCUT2D eigenvalue weighted by Gasteiger charge is 2.48. The van der Waals surface area contributed by atoms with E-state index in [1.165, 1.54) is 12.0 Å². The standard InChI is InChI=1S/C20H30N2O6/c1-27-18(24)7-11-21(14-8-12-28-13-9-14)17(23)6-10-22-19(25)15-4-2-3-5-16(15)20(22)26/h14-16H,2-13H2,1H3/t15-,16-/m1/s1. The Hall–Kier alpha value is -1.96. The normalized spacial score (nSPS) is 25.5. The summed E-state index contributed by atoms with van der Waals surface area (Å²) in [7, 11) is 1.33. The van der Waals surface area contributed by atoms with E-state index in [4.69, 9.17) is 9.47 Å². The molecule has 0 radical (unpaired) electrons. The fourth-order valence-electron chi connectivity index (χ4n) is 4.62. The van der Waals surface area contributed by atoms with Crippen molar-refractivity contribution in [2.45, 2.75) is 57.4 Å². The molecule has 28 heavy (non-hydrogen) atoms. The summed E-state index contributed by atoms with van der Waals surface area (Å²) in [5.41, 5.74) is 0. The molecule has 0 unspecified atom stereocenters. The van der Waals surface area contributed by atoms with Crippen molar-refractivity contribution >= 4 is 23.7 Å². The molecule has 3 fully saturated rings. The molecular weight excluding hydrogens is 364 g/mol. The van der Waals surface area contributed by atoms with E-state index in [2.05, 4.69) is 0 Å². The van der Waals surface area contributed by atoms with Gasteiger partial charge in [-0.3, -0.25) is 24.1 Å². The zero-order chi connectivity index (χ0) is 20.1. The maximum atomic E-state index is 12.9. The van der Waals surface area contributed by atoms with E-state index in [0.29, 0.717) is 13.2 Å². The summed E-state index contributed by atoms with van der Waals surface area (Å²) < 4.78 is 10.1. The molecule has 3 aliphatic rings. The lowest BCUT2D eigenvalue weighted by Crippen LogP contribution is -2.45. The topological polar surface area (TPSA) is 93.2 Å². The fourth-order valence-corrected chi connectivity index (χ4v) is 4.62. The van der Waals surface area contributed by atoms with E-state index in [1.807, 2.05) is 0 Å². The Labute approximate surface area is 165 Å². The summed E-state index contributed by atoms with van der Waals surface area (Å²) >= 11 is 0. The molecule has 3 amide bonds. The van der Waals surface area contributed by atoms with Crippen molar-refractivity contribution in [1.29, 1.82) is 0 Å². The number of nitrogens with zero attached hydrogens (tertiary/aromatic N) is 2. The van der Waals surface area contributed by atoms with Crippen LogP contribution < -0.4 is 0 Å². The number of hydrogen-bond donors (Lipinski definition) is 0. The molecule has 1 saturated carbocycles. The molecule has 8 nitrogen and oxygen atoms in total. The molecular formula is C20H30N2O6. The minimum atomic E-state index is -0.362. The van der Waals surface area contributed by atoms with Crippen molar-refractivity contribution in [1.82, 2.24) is 9.80 Å². The smallest absolute Gasteiger partial charge is 0.307 e. The molecule has 156 valence electrons. The molecule has 0 aromatic carbocycles. The lowest BCUT2D eigenvalue weighted by Gasteiger charge is -2.34. The first-order valence-electron chi connectivity index (χ1n) is 10.3. The van der Waals surface area contributed by atoms with Gasteiger partial charge in [-0.1, -0.05) is 12.8 Å². The van der Waals surface area contributed by atoms with Gasteiger partial charge in [-0.2, -0.15) is 0 Å². The highest BCUT2D eigenvalue weighted by atomic mass is 16.5. The third kappa shape index (κ3) is 4.54. The second-order valence-corrected chi connectivity index (χ2v) is 7.83. The summed E-state index contributed by atoms with van der Waals surface area (Å²) in [5, 5.41) is 0. The van der Waals surface area contributed by atoms with Gasteiger partial charge in [-0.25, -0.2) is 0 Å². The molecule has 0 aromatic heterocycles. The number of ether oxygens (including phenoxy) is 2. The Morgan fingerprint density at radius 1 is 1.04 bits per heavy atom. The number of amides is 3. The van der Waals surface area contributed by atoms with Gasteiger partial charge in [0.1, 0.15) is 0 Å². The summed E-state index contributed by atoms with van der Waals surface area (Å²) in [6, 6.07) is 0.0125. The van der Waals surface area contributed by atoms with E-state index in [1.54, 1.807) is 4.90 Å². The Morgan fingerprint density at radius 2 is 1.64 bits per heavy atom. The second kappa shape index (κ2) is 9.49. The molecule has 0 spiro atoms. The van der Waals surface area contributed by atoms with Crippen molar-refractivity contribution in [3.05, 3.63) is 0 Å². The molecule has 1 aliphatic carbocycles. The van der Waals surface area contributed by atoms with Crippen LogP contribution in [0.4, 0.5) is 0 Å². The minimum Gasteiger partial charge on any atom is -0.469 e. The number of carbonyl (C=O) groups excluding carboxylic acids is 4. The Kier molecular flexibility index (Phi) is 7.04. The van der Waals surface area contributed by atoms with E-state index < -0.39 is 0 Å². The summed E-state index contributed by atoms with van der Waals surface area (Å²) in [6.07, 6.45) is 5.17. The van der Waals surface area contributed by atoms with Crippen LogP contribution >= 0.6 is 0 Å². The number of fused-ring (bicyclic) bond motifs is 1. The van der Waals surface area contributed by atoms with E-state index in [0.717, 1.165) is 38.5 Å². The number of methoxy groups -OCH3 is 1. The van der Waals surface area contributed by atoms with Crippen molar-refractivity contribution in [3.63, 3.8) is 0 Å². The van der Waals surface area contributed by atoms with Crippen LogP contribution in [0.2, 0.25) is 0 Å². The van der Waals surface area contributed by atoms with Gasteiger partial charge in [-0.05, 0) is 25.7 Å². The average Bonchev–Trinajstić information content (AvgIpc) is 2.97. The van der Waals surface area contributed by atoms with Crippen molar-refractivity contribution in [3.8, 4) is 0 Å². The molecule has 0 bridgehead atoms. The van der Waals surface area contributed by atoms with E-state index in [-0.39, 0.29) is 67.5 Å². The van der Waals surface area contributed by atoms with E-state index >= 15 is 0 Å². The van der Waals surface area contributed by atoms with Crippen LogP contribution in [0.25, 0.3) is 0 Å². The first-order chi connectivity index (χ1) is 13.5. The maximum Gasteiger partial charge on any atom is 0.307 e. The molecule has 8 heteroatoms. The van der Waals surface area contributed by atoms with Crippen molar-refractivity contribution in [2.24, 2.45) is 11.8 Å². The predicted molar refractivity (Wildman–Crippen MR) is 99.0 cm³/mol. The molecule has 2 aliphatic heterocycles. The minimum absolute atomic E-state index is 0.0125. The van der Waals surface area contributed by atoms with Gasteiger partial charge >= 0.3 is 5.97 Å². The van der Waals surface area contributed by atoms with Crippen molar-refractivity contribution in [2.75, 3.05) is 33.4 Å². The van der Waals surface area contributed by atoms with Crippen LogP contribution in [0.1, 0.15) is 51.4 Å². The SMILES string of the molecule is COC(=O)CCN(C(=O)CCN1C(=O)[C@@H]2CCCC[C@H]2C1=O)C1CCOCC1. The van der Waals surface area contributed by atoms with Crippen LogP contribution in [-0.2, 0) is 28.7 Å². The first kappa shape index (κ1) is 20.8. The first-order valence-corrected chi connectivity index (χ1v) is 10.3. The number of likely N-dealkylation sites (tertiary alicyclic amines) is 1. The van der Waals surface area contributed by atoms with Gasteiger partial charge in [0.15, 0.2) is 0 Å². The lowest BCUT2D eigenvalue weighted by molar-refractivity contribution is -0.143. The summed E-state index contributed by atoms with van der Waals surface area (Å²) in [5.74, 6) is -1.11. The molecule has 2 saturated heterocycles. The van der Waals surface area contributed by atoms with Gasteiger partial charge in [0, 0.05) is 38.8 Å². The van der Waals surface area contributed by atoms with Gasteiger partial charge in [0.05, 0.1) is 25.4 Å². The zero-order valence-corrected chi connectivity index (χ0v) is 16.6. The second-order valence-electron chi connectivity index (χ2n) is 7.83. The van der Waals surface area contributed by atoms with Gasteiger partial charge in [-0.15, -0.1) is 0 Å². The third-order valence-corrected chi connectivity index (χ3v) is 6.22. The molecule has 2 atom stereocenters. The third-order valence-electron chi connectivity index (χ3n) is 6.22. The number of carbonyl (C=O) groups is 4. The van der Waals surface area contributed by atoms with Crippen LogP contribution in [0.3, 0.4) is 0 Å². The Bertz CT molecular complexity index is 592. The number of hydrogen-bond acceptors (Lipinski definition) is 6. The summed E-state index contributed by atoms with van der Waals surface area (Å²) in [6.45, 7) is 1.57. The summed E-state index contributed by atoms with van der Waals surface area (Å²) in [4.78, 5) is 52.6. The van der Waals surface area contributed by atoms with Gasteiger partial charge < -0.3 is 14.4 Å².